The molecular weight excluding hydrogens is 354 g/mol. The van der Waals surface area contributed by atoms with E-state index in [0.717, 1.165) is 16.5 Å². The SMILES string of the molecule is Nc1nc(-c2ccco2)c2nnn(Cc3ccc4[nH]ccc4c3Cl)c2n1. The zero-order chi connectivity index (χ0) is 17.7. The van der Waals surface area contributed by atoms with Gasteiger partial charge in [0.05, 0.1) is 17.8 Å². The zero-order valence-electron chi connectivity index (χ0n) is 13.3. The second kappa shape index (κ2) is 5.57. The second-order valence-corrected chi connectivity index (χ2v) is 6.18. The fraction of sp³-hybridized carbons (Fsp3) is 0.0588. The van der Waals surface area contributed by atoms with Gasteiger partial charge >= 0.3 is 0 Å². The van der Waals surface area contributed by atoms with E-state index in [1.54, 1.807) is 23.1 Å². The summed E-state index contributed by atoms with van der Waals surface area (Å²) in [6.45, 7) is 0.407. The zero-order valence-corrected chi connectivity index (χ0v) is 14.1. The van der Waals surface area contributed by atoms with E-state index >= 15 is 0 Å². The van der Waals surface area contributed by atoms with E-state index in [-0.39, 0.29) is 5.95 Å². The van der Waals surface area contributed by atoms with Crippen molar-refractivity contribution in [1.82, 2.24) is 29.9 Å². The van der Waals surface area contributed by atoms with Gasteiger partial charge in [-0.1, -0.05) is 22.9 Å². The van der Waals surface area contributed by atoms with Gasteiger partial charge in [-0.15, -0.1) is 5.10 Å². The number of benzene rings is 1. The Bertz CT molecular complexity index is 1240. The minimum absolute atomic E-state index is 0.125. The largest absolute Gasteiger partial charge is 0.463 e. The molecule has 0 fully saturated rings. The molecule has 8 nitrogen and oxygen atoms in total. The Hall–Kier alpha value is -3.39. The Balaban J connectivity index is 1.64. The highest BCUT2D eigenvalue weighted by molar-refractivity contribution is 6.36. The predicted molar refractivity (Wildman–Crippen MR) is 97.6 cm³/mol. The van der Waals surface area contributed by atoms with Gasteiger partial charge < -0.3 is 15.1 Å². The molecule has 0 aliphatic carbocycles. The van der Waals surface area contributed by atoms with Gasteiger partial charge in [0.2, 0.25) is 5.95 Å². The number of nitrogens with two attached hydrogens (primary N) is 1. The number of anilines is 1. The first kappa shape index (κ1) is 14.9. The molecule has 128 valence electrons. The second-order valence-electron chi connectivity index (χ2n) is 5.80. The van der Waals surface area contributed by atoms with Crippen LogP contribution in [-0.2, 0) is 6.54 Å². The molecule has 9 heteroatoms. The van der Waals surface area contributed by atoms with Crippen LogP contribution in [0.25, 0.3) is 33.5 Å². The van der Waals surface area contributed by atoms with E-state index in [4.69, 9.17) is 21.8 Å². The van der Waals surface area contributed by atoms with Crippen molar-refractivity contribution in [1.29, 1.82) is 0 Å². The van der Waals surface area contributed by atoms with E-state index in [0.29, 0.717) is 34.2 Å². The summed E-state index contributed by atoms with van der Waals surface area (Å²) >= 11 is 6.54. The van der Waals surface area contributed by atoms with Gasteiger partial charge in [0, 0.05) is 17.1 Å². The minimum Gasteiger partial charge on any atom is -0.463 e. The molecule has 0 aliphatic rings. The van der Waals surface area contributed by atoms with Crippen LogP contribution in [-0.4, -0.2) is 29.9 Å². The average Bonchev–Trinajstić information content (AvgIpc) is 3.37. The van der Waals surface area contributed by atoms with Crippen LogP contribution in [0.2, 0.25) is 5.02 Å². The molecule has 0 atom stereocenters. The van der Waals surface area contributed by atoms with E-state index in [1.807, 2.05) is 24.4 Å². The highest BCUT2D eigenvalue weighted by Crippen LogP contribution is 2.29. The van der Waals surface area contributed by atoms with E-state index in [1.165, 1.54) is 0 Å². The molecule has 3 N–H and O–H groups in total. The lowest BCUT2D eigenvalue weighted by molar-refractivity contribution is 0.580. The maximum Gasteiger partial charge on any atom is 0.222 e. The summed E-state index contributed by atoms with van der Waals surface area (Å²) in [6, 6.07) is 9.43. The Kier molecular flexibility index (Phi) is 3.19. The minimum atomic E-state index is 0.125. The quantitative estimate of drug-likeness (QED) is 0.507. The molecule has 0 spiro atoms. The third-order valence-electron chi connectivity index (χ3n) is 4.20. The number of aromatic amines is 1. The summed E-state index contributed by atoms with van der Waals surface area (Å²) in [6.07, 6.45) is 3.42. The van der Waals surface area contributed by atoms with Crippen LogP contribution in [0.4, 0.5) is 5.95 Å². The standard InChI is InChI=1S/C17H12ClN7O/c18-13-9(3-4-11-10(13)5-6-20-11)8-25-16-15(23-24-25)14(21-17(19)22-16)12-2-1-7-26-12/h1-7,20H,8H2,(H2,19,21,22). The number of fused-ring (bicyclic) bond motifs is 2. The summed E-state index contributed by atoms with van der Waals surface area (Å²) in [5.41, 5.74) is 9.32. The molecule has 0 aliphatic heterocycles. The van der Waals surface area contributed by atoms with Gasteiger partial charge in [-0.05, 0) is 29.8 Å². The Morgan fingerprint density at radius 3 is 2.96 bits per heavy atom. The number of rotatable bonds is 3. The molecule has 0 saturated heterocycles. The number of H-pyrrole nitrogens is 1. The van der Waals surface area contributed by atoms with Crippen molar-refractivity contribution in [2.45, 2.75) is 6.54 Å². The lowest BCUT2D eigenvalue weighted by atomic mass is 10.1. The van der Waals surface area contributed by atoms with Crippen LogP contribution in [0.3, 0.4) is 0 Å². The fourth-order valence-electron chi connectivity index (χ4n) is 2.99. The van der Waals surface area contributed by atoms with Gasteiger partial charge in [-0.25, -0.2) is 9.67 Å². The summed E-state index contributed by atoms with van der Waals surface area (Å²) in [5.74, 6) is 0.683. The van der Waals surface area contributed by atoms with Crippen LogP contribution in [0.15, 0.2) is 47.2 Å². The summed E-state index contributed by atoms with van der Waals surface area (Å²) in [4.78, 5) is 11.7. The van der Waals surface area contributed by atoms with E-state index in [2.05, 4.69) is 25.3 Å². The molecule has 1 aromatic carbocycles. The smallest absolute Gasteiger partial charge is 0.222 e. The van der Waals surface area contributed by atoms with Crippen LogP contribution in [0.1, 0.15) is 5.56 Å². The van der Waals surface area contributed by atoms with Gasteiger partial charge in [0.25, 0.3) is 0 Å². The Morgan fingerprint density at radius 1 is 1.19 bits per heavy atom. The first-order valence-electron chi connectivity index (χ1n) is 7.86. The lowest BCUT2D eigenvalue weighted by Gasteiger charge is -2.06. The molecule has 26 heavy (non-hydrogen) atoms. The van der Waals surface area contributed by atoms with Gasteiger partial charge in [0.1, 0.15) is 5.69 Å². The fourth-order valence-corrected chi connectivity index (χ4v) is 3.28. The number of hydrogen-bond donors (Lipinski definition) is 2. The van der Waals surface area contributed by atoms with Crippen LogP contribution in [0, 0.1) is 0 Å². The van der Waals surface area contributed by atoms with Gasteiger partial charge in [0.15, 0.2) is 16.9 Å². The molecule has 0 saturated carbocycles. The topological polar surface area (TPSA) is 111 Å². The van der Waals surface area contributed by atoms with Crippen molar-refractivity contribution < 1.29 is 4.42 Å². The highest BCUT2D eigenvalue weighted by atomic mass is 35.5. The molecule has 0 unspecified atom stereocenters. The van der Waals surface area contributed by atoms with Crippen LogP contribution in [0.5, 0.6) is 0 Å². The van der Waals surface area contributed by atoms with Crippen molar-refractivity contribution in [2.75, 3.05) is 5.73 Å². The van der Waals surface area contributed by atoms with E-state index < -0.39 is 0 Å². The Labute approximate surface area is 151 Å². The number of furan rings is 1. The maximum absolute atomic E-state index is 6.54. The number of nitrogen functional groups attached to an aromatic ring is 1. The molecule has 5 aromatic rings. The number of nitrogens with one attached hydrogen (secondary N) is 1. The average molecular weight is 366 g/mol. The van der Waals surface area contributed by atoms with Crippen molar-refractivity contribution in [3.8, 4) is 11.5 Å². The van der Waals surface area contributed by atoms with Crippen LogP contribution < -0.4 is 5.73 Å². The first-order valence-corrected chi connectivity index (χ1v) is 8.23. The lowest BCUT2D eigenvalue weighted by Crippen LogP contribution is -2.05. The molecule has 5 rings (SSSR count). The van der Waals surface area contributed by atoms with Gasteiger partial charge in [-0.3, -0.25) is 0 Å². The first-order chi connectivity index (χ1) is 12.7. The third kappa shape index (κ3) is 2.23. The Morgan fingerprint density at radius 2 is 2.12 bits per heavy atom. The normalized spacial score (nSPS) is 11.6. The highest BCUT2D eigenvalue weighted by Gasteiger charge is 2.18. The van der Waals surface area contributed by atoms with E-state index in [9.17, 15) is 0 Å². The summed E-state index contributed by atoms with van der Waals surface area (Å²) < 4.78 is 7.07. The molecule has 4 aromatic heterocycles. The van der Waals surface area contributed by atoms with Crippen molar-refractivity contribution in [2.24, 2.45) is 0 Å². The number of halogens is 1. The maximum atomic E-state index is 6.54. The van der Waals surface area contributed by atoms with Crippen LogP contribution >= 0.6 is 11.6 Å². The monoisotopic (exact) mass is 365 g/mol. The summed E-state index contributed by atoms with van der Waals surface area (Å²) in [5, 5.41) is 10.1. The predicted octanol–water partition coefficient (Wildman–Crippen LogP) is 3.25. The summed E-state index contributed by atoms with van der Waals surface area (Å²) in [7, 11) is 0. The number of hydrogen-bond acceptors (Lipinski definition) is 6. The van der Waals surface area contributed by atoms with Gasteiger partial charge in [-0.2, -0.15) is 4.98 Å². The molecule has 0 amide bonds. The third-order valence-corrected chi connectivity index (χ3v) is 4.65. The number of nitrogens with zero attached hydrogens (tertiary/aromatic N) is 5. The molecule has 0 bridgehead atoms. The van der Waals surface area contributed by atoms with Crippen molar-refractivity contribution >= 4 is 39.6 Å². The number of aromatic nitrogens is 6. The molecular formula is C17H12ClN7O. The molecule has 4 heterocycles. The van der Waals surface area contributed by atoms with Crippen molar-refractivity contribution in [3.63, 3.8) is 0 Å². The molecule has 0 radical (unpaired) electrons. The van der Waals surface area contributed by atoms with Crippen molar-refractivity contribution in [3.05, 3.63) is 53.4 Å².